The Bertz CT molecular complexity index is 1080. The van der Waals surface area contributed by atoms with Gasteiger partial charge in [-0.3, -0.25) is 9.69 Å². The van der Waals surface area contributed by atoms with E-state index < -0.39 is 0 Å². The van der Waals surface area contributed by atoms with E-state index in [1.807, 2.05) is 55.1 Å². The smallest absolute Gasteiger partial charge is 0.253 e. The molecule has 5 heteroatoms. The molecule has 33 heavy (non-hydrogen) atoms. The fourth-order valence-corrected chi connectivity index (χ4v) is 4.25. The molecular formula is C28H31ClN2O2. The van der Waals surface area contributed by atoms with Crippen molar-refractivity contribution in [2.45, 2.75) is 33.9 Å². The van der Waals surface area contributed by atoms with Gasteiger partial charge in [0, 0.05) is 43.3 Å². The van der Waals surface area contributed by atoms with Crippen molar-refractivity contribution in [3.8, 4) is 5.75 Å². The minimum absolute atomic E-state index is 0.0985. The number of halogens is 1. The zero-order valence-electron chi connectivity index (χ0n) is 19.6. The monoisotopic (exact) mass is 462 g/mol. The highest BCUT2D eigenvalue weighted by atomic mass is 35.5. The zero-order chi connectivity index (χ0) is 23.4. The first-order valence-electron chi connectivity index (χ1n) is 11.4. The van der Waals surface area contributed by atoms with E-state index in [0.29, 0.717) is 6.61 Å². The van der Waals surface area contributed by atoms with Crippen LogP contribution in [0.4, 0.5) is 0 Å². The lowest BCUT2D eigenvalue weighted by molar-refractivity contribution is 0.0628. The third kappa shape index (κ3) is 5.95. The van der Waals surface area contributed by atoms with Crippen LogP contribution >= 0.6 is 11.6 Å². The molecule has 4 rings (SSSR count). The molecule has 0 aromatic heterocycles. The average molecular weight is 463 g/mol. The molecule has 1 aliphatic heterocycles. The first kappa shape index (κ1) is 23.3. The highest BCUT2D eigenvalue weighted by Crippen LogP contribution is 2.26. The van der Waals surface area contributed by atoms with Crippen molar-refractivity contribution in [3.05, 3.63) is 99.1 Å². The van der Waals surface area contributed by atoms with Gasteiger partial charge in [0.2, 0.25) is 0 Å². The van der Waals surface area contributed by atoms with Crippen LogP contribution in [0.2, 0.25) is 5.02 Å². The Balaban J connectivity index is 1.28. The lowest BCUT2D eigenvalue weighted by atomic mass is 10.1. The van der Waals surface area contributed by atoms with Crippen molar-refractivity contribution in [1.29, 1.82) is 0 Å². The molecule has 0 bridgehead atoms. The van der Waals surface area contributed by atoms with Crippen LogP contribution in [-0.2, 0) is 13.2 Å². The number of benzene rings is 3. The molecule has 0 radical (unpaired) electrons. The zero-order valence-corrected chi connectivity index (χ0v) is 20.4. The minimum atomic E-state index is 0.0985. The van der Waals surface area contributed by atoms with Gasteiger partial charge in [0.1, 0.15) is 12.4 Å². The fourth-order valence-electron chi connectivity index (χ4n) is 4.14. The lowest BCUT2D eigenvalue weighted by Crippen LogP contribution is -2.48. The van der Waals surface area contributed by atoms with Gasteiger partial charge in [-0.25, -0.2) is 0 Å². The number of ether oxygens (including phenoxy) is 1. The first-order valence-corrected chi connectivity index (χ1v) is 11.8. The molecule has 0 unspecified atom stereocenters. The van der Waals surface area contributed by atoms with Crippen LogP contribution < -0.4 is 4.74 Å². The summed E-state index contributed by atoms with van der Waals surface area (Å²) in [4.78, 5) is 17.3. The minimum Gasteiger partial charge on any atom is -0.489 e. The molecule has 3 aromatic carbocycles. The number of hydrogen-bond donors (Lipinski definition) is 0. The lowest BCUT2D eigenvalue weighted by Gasteiger charge is -2.34. The molecule has 1 heterocycles. The third-order valence-corrected chi connectivity index (χ3v) is 6.80. The molecule has 0 saturated carbocycles. The van der Waals surface area contributed by atoms with Gasteiger partial charge in [0.25, 0.3) is 5.91 Å². The highest BCUT2D eigenvalue weighted by Gasteiger charge is 2.22. The van der Waals surface area contributed by atoms with Crippen molar-refractivity contribution in [1.82, 2.24) is 9.80 Å². The van der Waals surface area contributed by atoms with Crippen molar-refractivity contribution in [2.24, 2.45) is 0 Å². The highest BCUT2D eigenvalue weighted by molar-refractivity contribution is 6.32. The van der Waals surface area contributed by atoms with E-state index in [2.05, 4.69) is 36.1 Å². The predicted molar refractivity (Wildman–Crippen MR) is 134 cm³/mol. The summed E-state index contributed by atoms with van der Waals surface area (Å²) in [5.41, 5.74) is 6.37. The molecule has 3 aromatic rings. The Morgan fingerprint density at radius 2 is 1.42 bits per heavy atom. The summed E-state index contributed by atoms with van der Waals surface area (Å²) in [5, 5.41) is 0.779. The molecule has 172 valence electrons. The molecule has 1 fully saturated rings. The average Bonchev–Trinajstić information content (AvgIpc) is 2.83. The SMILES string of the molecule is Cc1ccc(CN2CCN(C(=O)c3ccc(COc4cc(C)c(Cl)c(C)c4)cc3)CC2)cc1. The van der Waals surface area contributed by atoms with Gasteiger partial charge >= 0.3 is 0 Å². The predicted octanol–water partition coefficient (Wildman–Crippen LogP) is 5.80. The van der Waals surface area contributed by atoms with Crippen LogP contribution in [0.3, 0.4) is 0 Å². The maximum atomic E-state index is 13.0. The van der Waals surface area contributed by atoms with Crippen molar-refractivity contribution in [2.75, 3.05) is 26.2 Å². The molecule has 0 N–H and O–H groups in total. The summed E-state index contributed by atoms with van der Waals surface area (Å²) in [6.45, 7) is 10.7. The standard InChI is InChI=1S/C28H31ClN2O2/c1-20-4-6-23(7-5-20)18-30-12-14-31(15-13-30)28(32)25-10-8-24(9-11-25)19-33-26-16-21(2)27(29)22(3)17-26/h4-11,16-17H,12-15,18-19H2,1-3H3. The molecule has 4 nitrogen and oxygen atoms in total. The molecular weight excluding hydrogens is 432 g/mol. The third-order valence-electron chi connectivity index (χ3n) is 6.20. The Labute approximate surface area is 201 Å². The van der Waals surface area contributed by atoms with Crippen LogP contribution in [0.25, 0.3) is 0 Å². The summed E-state index contributed by atoms with van der Waals surface area (Å²) in [6, 6.07) is 20.3. The maximum absolute atomic E-state index is 13.0. The van der Waals surface area contributed by atoms with Crippen LogP contribution in [-0.4, -0.2) is 41.9 Å². The van der Waals surface area contributed by atoms with Crippen LogP contribution in [0.15, 0.2) is 60.7 Å². The largest absolute Gasteiger partial charge is 0.489 e. The number of piperazine rings is 1. The van der Waals surface area contributed by atoms with Crippen molar-refractivity contribution < 1.29 is 9.53 Å². The van der Waals surface area contributed by atoms with Gasteiger partial charge in [-0.2, -0.15) is 0 Å². The fraction of sp³-hybridized carbons (Fsp3) is 0.321. The quantitative estimate of drug-likeness (QED) is 0.464. The van der Waals surface area contributed by atoms with E-state index in [9.17, 15) is 4.79 Å². The summed E-state index contributed by atoms with van der Waals surface area (Å²) >= 11 is 6.23. The van der Waals surface area contributed by atoms with Crippen LogP contribution in [0.5, 0.6) is 5.75 Å². The summed E-state index contributed by atoms with van der Waals surface area (Å²) in [7, 11) is 0. The van der Waals surface area contributed by atoms with Gasteiger partial charge in [0.05, 0.1) is 0 Å². The summed E-state index contributed by atoms with van der Waals surface area (Å²) in [6.07, 6.45) is 0. The van der Waals surface area contributed by atoms with Gasteiger partial charge in [-0.05, 0) is 67.3 Å². The van der Waals surface area contributed by atoms with Crippen LogP contribution in [0, 0.1) is 20.8 Å². The van der Waals surface area contributed by atoms with E-state index >= 15 is 0 Å². The number of nitrogens with zero attached hydrogens (tertiary/aromatic N) is 2. The van der Waals surface area contributed by atoms with E-state index in [4.69, 9.17) is 16.3 Å². The first-order chi connectivity index (χ1) is 15.9. The molecule has 1 aliphatic rings. The van der Waals surface area contributed by atoms with Gasteiger partial charge < -0.3 is 9.64 Å². The number of carbonyl (C=O) groups is 1. The molecule has 1 amide bonds. The Morgan fingerprint density at radius 1 is 0.848 bits per heavy atom. The topological polar surface area (TPSA) is 32.8 Å². The Kier molecular flexibility index (Phi) is 7.36. The van der Waals surface area contributed by atoms with Crippen LogP contribution in [0.1, 0.15) is 38.2 Å². The normalized spacial score (nSPS) is 14.4. The van der Waals surface area contributed by atoms with E-state index in [1.165, 1.54) is 11.1 Å². The molecule has 0 atom stereocenters. The van der Waals surface area contributed by atoms with Gasteiger partial charge in [-0.1, -0.05) is 53.6 Å². The number of hydrogen-bond acceptors (Lipinski definition) is 3. The van der Waals surface area contributed by atoms with Crippen molar-refractivity contribution in [3.63, 3.8) is 0 Å². The van der Waals surface area contributed by atoms with Gasteiger partial charge in [0.15, 0.2) is 0 Å². The second kappa shape index (κ2) is 10.4. The number of aryl methyl sites for hydroxylation is 3. The summed E-state index contributed by atoms with van der Waals surface area (Å²) in [5.74, 6) is 0.902. The second-order valence-corrected chi connectivity index (χ2v) is 9.29. The number of amides is 1. The van der Waals surface area contributed by atoms with Crippen molar-refractivity contribution >= 4 is 17.5 Å². The number of rotatable bonds is 6. The summed E-state index contributed by atoms with van der Waals surface area (Å²) < 4.78 is 5.93. The Morgan fingerprint density at radius 3 is 2.03 bits per heavy atom. The number of carbonyl (C=O) groups excluding carboxylic acids is 1. The Hall–Kier alpha value is -2.82. The molecule has 1 saturated heterocycles. The van der Waals surface area contributed by atoms with Gasteiger partial charge in [-0.15, -0.1) is 0 Å². The van der Waals surface area contributed by atoms with E-state index in [-0.39, 0.29) is 5.91 Å². The van der Waals surface area contributed by atoms with E-state index in [0.717, 1.165) is 65.7 Å². The molecule has 0 spiro atoms. The maximum Gasteiger partial charge on any atom is 0.253 e. The second-order valence-electron chi connectivity index (χ2n) is 8.91. The molecule has 0 aliphatic carbocycles. The van der Waals surface area contributed by atoms with E-state index in [1.54, 1.807) is 0 Å².